The van der Waals surface area contributed by atoms with Crippen LogP contribution >= 0.6 is 15.9 Å². The van der Waals surface area contributed by atoms with E-state index < -0.39 is 0 Å². The third-order valence-electron chi connectivity index (χ3n) is 3.19. The van der Waals surface area contributed by atoms with Crippen molar-refractivity contribution < 1.29 is 9.47 Å². The quantitative estimate of drug-likeness (QED) is 0.870. The van der Waals surface area contributed by atoms with E-state index in [1.165, 1.54) is 5.56 Å². The number of ether oxygens (including phenoxy) is 2. The molecule has 1 aromatic rings. The summed E-state index contributed by atoms with van der Waals surface area (Å²) in [5, 5.41) is 3.53. The molecular formula is C14H21BrN2O2. The average Bonchev–Trinajstić information content (AvgIpc) is 2.80. The van der Waals surface area contributed by atoms with Gasteiger partial charge in [-0.25, -0.2) is 0 Å². The summed E-state index contributed by atoms with van der Waals surface area (Å²) < 4.78 is 11.8. The maximum Gasteiger partial charge on any atom is 0.231 e. The molecule has 1 aliphatic heterocycles. The minimum Gasteiger partial charge on any atom is -0.454 e. The molecule has 1 unspecified atom stereocenters. The van der Waals surface area contributed by atoms with Gasteiger partial charge in [-0.1, -0.05) is 15.9 Å². The van der Waals surface area contributed by atoms with Crippen molar-refractivity contribution in [2.24, 2.45) is 0 Å². The van der Waals surface area contributed by atoms with Crippen molar-refractivity contribution in [3.05, 3.63) is 22.2 Å². The molecular weight excluding hydrogens is 308 g/mol. The Morgan fingerprint density at radius 3 is 2.68 bits per heavy atom. The van der Waals surface area contributed by atoms with Gasteiger partial charge in [0, 0.05) is 17.1 Å². The van der Waals surface area contributed by atoms with Gasteiger partial charge in [0.15, 0.2) is 11.5 Å². The first-order chi connectivity index (χ1) is 9.06. The zero-order valence-electron chi connectivity index (χ0n) is 11.7. The Morgan fingerprint density at radius 1 is 1.32 bits per heavy atom. The summed E-state index contributed by atoms with van der Waals surface area (Å²) in [5.41, 5.74) is 1.20. The zero-order valence-corrected chi connectivity index (χ0v) is 13.3. The lowest BCUT2D eigenvalue weighted by molar-refractivity contribution is 0.174. The van der Waals surface area contributed by atoms with Gasteiger partial charge in [-0.05, 0) is 51.7 Å². The van der Waals surface area contributed by atoms with Crippen molar-refractivity contribution in [3.8, 4) is 11.5 Å². The Labute approximate surface area is 123 Å². The van der Waals surface area contributed by atoms with Gasteiger partial charge in [-0.3, -0.25) is 0 Å². The maximum absolute atomic E-state index is 5.40. The van der Waals surface area contributed by atoms with Crippen LogP contribution < -0.4 is 14.8 Å². The number of fused-ring (bicyclic) bond motifs is 1. The van der Waals surface area contributed by atoms with Crippen molar-refractivity contribution in [1.82, 2.24) is 10.2 Å². The van der Waals surface area contributed by atoms with Gasteiger partial charge in [-0.15, -0.1) is 0 Å². The van der Waals surface area contributed by atoms with E-state index >= 15 is 0 Å². The summed E-state index contributed by atoms with van der Waals surface area (Å²) >= 11 is 3.58. The normalized spacial score (nSPS) is 15.0. The molecule has 1 aliphatic rings. The minimum absolute atomic E-state index is 0.317. The lowest BCUT2D eigenvalue weighted by Gasteiger charge is -2.17. The molecule has 2 rings (SSSR count). The monoisotopic (exact) mass is 328 g/mol. The van der Waals surface area contributed by atoms with E-state index in [1.807, 2.05) is 12.1 Å². The number of hydrogen-bond acceptors (Lipinski definition) is 4. The fraction of sp³-hybridized carbons (Fsp3) is 0.571. The molecule has 0 amide bonds. The standard InChI is InChI=1S/C14H21BrN2O2/c1-10(4-5-17(2)3)16-8-11-6-13-14(7-12(11)15)19-9-18-13/h6-7,10,16H,4-5,8-9H2,1-3H3. The Kier molecular flexibility index (Phi) is 5.07. The first kappa shape index (κ1) is 14.6. The Hall–Kier alpha value is -0.780. The highest BCUT2D eigenvalue weighted by Crippen LogP contribution is 2.36. The predicted octanol–water partition coefficient (Wildman–Crippen LogP) is 2.61. The van der Waals surface area contributed by atoms with Crippen molar-refractivity contribution in [2.45, 2.75) is 25.9 Å². The molecule has 19 heavy (non-hydrogen) atoms. The molecule has 0 aromatic heterocycles. The van der Waals surface area contributed by atoms with Crippen molar-refractivity contribution in [3.63, 3.8) is 0 Å². The van der Waals surface area contributed by atoms with Crippen LogP contribution in [-0.2, 0) is 6.54 Å². The second-order valence-electron chi connectivity index (χ2n) is 5.17. The summed E-state index contributed by atoms with van der Waals surface area (Å²) in [6, 6.07) is 4.50. The molecule has 0 radical (unpaired) electrons. The van der Waals surface area contributed by atoms with E-state index in [0.29, 0.717) is 12.8 Å². The first-order valence-electron chi connectivity index (χ1n) is 6.52. The highest BCUT2D eigenvalue weighted by atomic mass is 79.9. The summed E-state index contributed by atoms with van der Waals surface area (Å²) in [6.45, 7) is 4.45. The topological polar surface area (TPSA) is 33.7 Å². The van der Waals surface area contributed by atoms with E-state index in [2.05, 4.69) is 47.2 Å². The highest BCUT2D eigenvalue weighted by Gasteiger charge is 2.16. The van der Waals surface area contributed by atoms with Gasteiger partial charge in [0.05, 0.1) is 0 Å². The van der Waals surface area contributed by atoms with E-state index in [4.69, 9.17) is 9.47 Å². The molecule has 106 valence electrons. The van der Waals surface area contributed by atoms with Crippen LogP contribution in [0.1, 0.15) is 18.9 Å². The molecule has 0 saturated carbocycles. The van der Waals surface area contributed by atoms with E-state index in [1.54, 1.807) is 0 Å². The van der Waals surface area contributed by atoms with Crippen LogP contribution in [-0.4, -0.2) is 38.4 Å². The Bertz CT molecular complexity index is 438. The molecule has 5 heteroatoms. The van der Waals surface area contributed by atoms with Crippen molar-refractivity contribution >= 4 is 15.9 Å². The molecule has 0 aliphatic carbocycles. The van der Waals surface area contributed by atoms with Crippen LogP contribution in [0.25, 0.3) is 0 Å². The van der Waals surface area contributed by atoms with Crippen LogP contribution in [0.3, 0.4) is 0 Å². The molecule has 1 N–H and O–H groups in total. The summed E-state index contributed by atoms with van der Waals surface area (Å²) in [6.07, 6.45) is 1.13. The van der Waals surface area contributed by atoms with E-state index in [9.17, 15) is 0 Å². The Balaban J connectivity index is 1.89. The van der Waals surface area contributed by atoms with Crippen molar-refractivity contribution in [1.29, 1.82) is 0 Å². The molecule has 0 saturated heterocycles. The van der Waals surface area contributed by atoms with Gasteiger partial charge >= 0.3 is 0 Å². The van der Waals surface area contributed by atoms with Gasteiger partial charge in [0.25, 0.3) is 0 Å². The van der Waals surface area contributed by atoms with Gasteiger partial charge in [-0.2, -0.15) is 0 Å². The Morgan fingerprint density at radius 2 is 2.00 bits per heavy atom. The fourth-order valence-corrected chi connectivity index (χ4v) is 2.40. The number of hydrogen-bond donors (Lipinski definition) is 1. The number of nitrogens with zero attached hydrogens (tertiary/aromatic N) is 1. The van der Waals surface area contributed by atoms with Crippen LogP contribution in [0, 0.1) is 0 Å². The maximum atomic E-state index is 5.40. The molecule has 1 aromatic carbocycles. The molecule has 0 spiro atoms. The second kappa shape index (κ2) is 6.59. The highest BCUT2D eigenvalue weighted by molar-refractivity contribution is 9.10. The molecule has 0 bridgehead atoms. The van der Waals surface area contributed by atoms with Gasteiger partial charge in [0.1, 0.15) is 0 Å². The van der Waals surface area contributed by atoms with Crippen LogP contribution in [0.15, 0.2) is 16.6 Å². The number of benzene rings is 1. The number of halogens is 1. The van der Waals surface area contributed by atoms with Gasteiger partial charge < -0.3 is 19.7 Å². The minimum atomic E-state index is 0.317. The smallest absolute Gasteiger partial charge is 0.231 e. The van der Waals surface area contributed by atoms with E-state index in [0.717, 1.165) is 35.5 Å². The molecule has 1 heterocycles. The lowest BCUT2D eigenvalue weighted by Crippen LogP contribution is -2.29. The number of nitrogens with one attached hydrogen (secondary N) is 1. The van der Waals surface area contributed by atoms with Gasteiger partial charge in [0.2, 0.25) is 6.79 Å². The first-order valence-corrected chi connectivity index (χ1v) is 7.31. The summed E-state index contributed by atoms with van der Waals surface area (Å²) in [7, 11) is 4.20. The van der Waals surface area contributed by atoms with Crippen LogP contribution in [0.5, 0.6) is 11.5 Å². The van der Waals surface area contributed by atoms with Crippen molar-refractivity contribution in [2.75, 3.05) is 27.4 Å². The van der Waals surface area contributed by atoms with Crippen LogP contribution in [0.2, 0.25) is 0 Å². The predicted molar refractivity (Wildman–Crippen MR) is 79.7 cm³/mol. The number of rotatable bonds is 6. The van der Waals surface area contributed by atoms with Crippen LogP contribution in [0.4, 0.5) is 0 Å². The lowest BCUT2D eigenvalue weighted by atomic mass is 10.1. The SMILES string of the molecule is CC(CCN(C)C)NCc1cc2c(cc1Br)OCO2. The van der Waals surface area contributed by atoms with E-state index in [-0.39, 0.29) is 0 Å². The molecule has 1 atom stereocenters. The third kappa shape index (κ3) is 4.09. The second-order valence-corrected chi connectivity index (χ2v) is 6.03. The summed E-state index contributed by atoms with van der Waals surface area (Å²) in [5.74, 6) is 1.65. The molecule has 4 nitrogen and oxygen atoms in total. The zero-order chi connectivity index (χ0) is 13.8. The largest absolute Gasteiger partial charge is 0.454 e. The third-order valence-corrected chi connectivity index (χ3v) is 3.93. The average molecular weight is 329 g/mol. The fourth-order valence-electron chi connectivity index (χ4n) is 1.93. The molecule has 0 fully saturated rings. The summed E-state index contributed by atoms with van der Waals surface area (Å²) in [4.78, 5) is 2.20.